The first kappa shape index (κ1) is 16.6. The SMILES string of the molecule is COc1cccc(S(=O)(=O)N2CCc3cc(O)c(OC)cc3C2)c1. The van der Waals surface area contributed by atoms with Crippen LogP contribution in [0.1, 0.15) is 11.1 Å². The average Bonchev–Trinajstić information content (AvgIpc) is 2.60. The number of ether oxygens (including phenoxy) is 2. The first-order chi connectivity index (χ1) is 11.5. The van der Waals surface area contributed by atoms with Crippen LogP contribution in [-0.2, 0) is 23.0 Å². The third kappa shape index (κ3) is 2.92. The lowest BCUT2D eigenvalue weighted by Crippen LogP contribution is -2.36. The second-order valence-electron chi connectivity index (χ2n) is 5.56. The van der Waals surface area contributed by atoms with E-state index in [2.05, 4.69) is 0 Å². The van der Waals surface area contributed by atoms with Crippen molar-refractivity contribution >= 4 is 10.0 Å². The Morgan fingerprint density at radius 1 is 1.08 bits per heavy atom. The molecule has 24 heavy (non-hydrogen) atoms. The third-order valence-corrected chi connectivity index (χ3v) is 6.00. The first-order valence-corrected chi connectivity index (χ1v) is 8.92. The van der Waals surface area contributed by atoms with Gasteiger partial charge in [-0.3, -0.25) is 0 Å². The maximum absolute atomic E-state index is 12.9. The highest BCUT2D eigenvalue weighted by Crippen LogP contribution is 2.34. The van der Waals surface area contributed by atoms with Crippen LogP contribution < -0.4 is 9.47 Å². The Hall–Kier alpha value is -2.25. The van der Waals surface area contributed by atoms with Crippen molar-refractivity contribution < 1.29 is 23.0 Å². The monoisotopic (exact) mass is 349 g/mol. The van der Waals surface area contributed by atoms with E-state index in [4.69, 9.17) is 9.47 Å². The Labute approximate surface area is 141 Å². The molecule has 128 valence electrons. The zero-order chi connectivity index (χ0) is 17.3. The largest absolute Gasteiger partial charge is 0.504 e. The predicted octanol–water partition coefficient (Wildman–Crippen LogP) is 2.16. The van der Waals surface area contributed by atoms with Crippen LogP contribution in [0.4, 0.5) is 0 Å². The van der Waals surface area contributed by atoms with Gasteiger partial charge in [-0.25, -0.2) is 8.42 Å². The van der Waals surface area contributed by atoms with Crippen LogP contribution >= 0.6 is 0 Å². The summed E-state index contributed by atoms with van der Waals surface area (Å²) in [6.45, 7) is 0.601. The van der Waals surface area contributed by atoms with Gasteiger partial charge < -0.3 is 14.6 Å². The van der Waals surface area contributed by atoms with Gasteiger partial charge in [0.15, 0.2) is 11.5 Å². The maximum atomic E-state index is 12.9. The van der Waals surface area contributed by atoms with Gasteiger partial charge in [-0.1, -0.05) is 6.07 Å². The van der Waals surface area contributed by atoms with Crippen LogP contribution in [0, 0.1) is 0 Å². The number of aromatic hydroxyl groups is 1. The van der Waals surface area contributed by atoms with Crippen molar-refractivity contribution in [1.29, 1.82) is 0 Å². The standard InChI is InChI=1S/C17H19NO5S/c1-22-14-4-3-5-15(10-14)24(20,21)18-7-6-12-8-16(19)17(23-2)9-13(12)11-18/h3-5,8-10,19H,6-7,11H2,1-2H3. The molecule has 7 heteroatoms. The summed E-state index contributed by atoms with van der Waals surface area (Å²) < 4.78 is 37.4. The zero-order valence-corrected chi connectivity index (χ0v) is 14.3. The summed E-state index contributed by atoms with van der Waals surface area (Å²) in [6, 6.07) is 9.78. The number of rotatable bonds is 4. The highest BCUT2D eigenvalue weighted by atomic mass is 32.2. The topological polar surface area (TPSA) is 76.1 Å². The van der Waals surface area contributed by atoms with Gasteiger partial charge in [0, 0.05) is 19.2 Å². The third-order valence-electron chi connectivity index (χ3n) is 4.16. The van der Waals surface area contributed by atoms with Gasteiger partial charge in [0.2, 0.25) is 10.0 Å². The fourth-order valence-corrected chi connectivity index (χ4v) is 4.28. The molecule has 2 aromatic rings. The summed E-state index contributed by atoms with van der Waals surface area (Å²) in [5.74, 6) is 0.912. The van der Waals surface area contributed by atoms with Gasteiger partial charge in [0.25, 0.3) is 0 Å². The summed E-state index contributed by atoms with van der Waals surface area (Å²) >= 11 is 0. The van der Waals surface area contributed by atoms with Crippen LogP contribution in [0.25, 0.3) is 0 Å². The Bertz CT molecular complexity index is 863. The van der Waals surface area contributed by atoms with Gasteiger partial charge in [0.05, 0.1) is 19.1 Å². The number of benzene rings is 2. The van der Waals surface area contributed by atoms with Crippen molar-refractivity contribution in [3.63, 3.8) is 0 Å². The Morgan fingerprint density at radius 2 is 1.88 bits per heavy atom. The van der Waals surface area contributed by atoms with Crippen molar-refractivity contribution in [2.24, 2.45) is 0 Å². The summed E-state index contributed by atoms with van der Waals surface area (Å²) in [7, 11) is -0.648. The van der Waals surface area contributed by atoms with Crippen LogP contribution in [0.2, 0.25) is 0 Å². The van der Waals surface area contributed by atoms with E-state index in [1.807, 2.05) is 0 Å². The second kappa shape index (κ2) is 6.33. The van der Waals surface area contributed by atoms with E-state index in [1.54, 1.807) is 30.3 Å². The quantitative estimate of drug-likeness (QED) is 0.915. The van der Waals surface area contributed by atoms with E-state index in [1.165, 1.54) is 24.6 Å². The molecule has 0 atom stereocenters. The molecule has 6 nitrogen and oxygen atoms in total. The van der Waals surface area contributed by atoms with Crippen molar-refractivity contribution in [2.45, 2.75) is 17.9 Å². The molecule has 0 fully saturated rings. The number of phenols is 1. The minimum Gasteiger partial charge on any atom is -0.504 e. The fraction of sp³-hybridized carbons (Fsp3) is 0.294. The summed E-state index contributed by atoms with van der Waals surface area (Å²) in [5.41, 5.74) is 1.77. The van der Waals surface area contributed by atoms with Crippen molar-refractivity contribution in [3.8, 4) is 17.2 Å². The predicted molar refractivity (Wildman–Crippen MR) is 89.0 cm³/mol. The van der Waals surface area contributed by atoms with Crippen molar-refractivity contribution in [1.82, 2.24) is 4.31 Å². The molecule has 2 aromatic carbocycles. The summed E-state index contributed by atoms with van der Waals surface area (Å²) in [4.78, 5) is 0.205. The second-order valence-corrected chi connectivity index (χ2v) is 7.50. The molecule has 0 bridgehead atoms. The normalized spacial score (nSPS) is 14.9. The molecule has 3 rings (SSSR count). The Kier molecular flexibility index (Phi) is 4.38. The van der Waals surface area contributed by atoms with E-state index >= 15 is 0 Å². The number of fused-ring (bicyclic) bond motifs is 1. The highest BCUT2D eigenvalue weighted by Gasteiger charge is 2.29. The van der Waals surface area contributed by atoms with Crippen molar-refractivity contribution in [2.75, 3.05) is 20.8 Å². The molecule has 1 aliphatic rings. The molecule has 1 heterocycles. The molecule has 0 amide bonds. The molecular weight excluding hydrogens is 330 g/mol. The molecule has 0 unspecified atom stereocenters. The van der Waals surface area contributed by atoms with Gasteiger partial charge in [-0.2, -0.15) is 4.31 Å². The van der Waals surface area contributed by atoms with Crippen LogP contribution in [0.5, 0.6) is 17.2 Å². The molecular formula is C17H19NO5S. The fourth-order valence-electron chi connectivity index (χ4n) is 2.83. The van der Waals surface area contributed by atoms with E-state index < -0.39 is 10.0 Å². The first-order valence-electron chi connectivity index (χ1n) is 7.48. The van der Waals surface area contributed by atoms with Gasteiger partial charge >= 0.3 is 0 Å². The zero-order valence-electron chi connectivity index (χ0n) is 13.5. The number of phenolic OH excluding ortho intramolecular Hbond substituents is 1. The lowest BCUT2D eigenvalue weighted by Gasteiger charge is -2.28. The number of hydrogen-bond donors (Lipinski definition) is 1. The Morgan fingerprint density at radius 3 is 2.58 bits per heavy atom. The van der Waals surface area contributed by atoms with E-state index in [9.17, 15) is 13.5 Å². The number of hydrogen-bond acceptors (Lipinski definition) is 5. The maximum Gasteiger partial charge on any atom is 0.243 e. The lowest BCUT2D eigenvalue weighted by atomic mass is 10.0. The van der Waals surface area contributed by atoms with E-state index in [0.717, 1.165) is 11.1 Å². The molecule has 0 aliphatic carbocycles. The van der Waals surface area contributed by atoms with Crippen LogP contribution in [0.15, 0.2) is 41.3 Å². The number of methoxy groups -OCH3 is 2. The average molecular weight is 349 g/mol. The summed E-state index contributed by atoms with van der Waals surface area (Å²) in [5, 5.41) is 9.86. The molecule has 0 saturated heterocycles. The van der Waals surface area contributed by atoms with E-state index in [0.29, 0.717) is 24.5 Å². The Balaban J connectivity index is 1.94. The smallest absolute Gasteiger partial charge is 0.243 e. The molecule has 0 spiro atoms. The highest BCUT2D eigenvalue weighted by molar-refractivity contribution is 7.89. The van der Waals surface area contributed by atoms with Crippen LogP contribution in [0.3, 0.4) is 0 Å². The lowest BCUT2D eigenvalue weighted by molar-refractivity contribution is 0.363. The molecule has 0 saturated carbocycles. The van der Waals surface area contributed by atoms with Gasteiger partial charge in [-0.05, 0) is 41.8 Å². The van der Waals surface area contributed by atoms with Crippen LogP contribution in [-0.4, -0.2) is 38.6 Å². The van der Waals surface area contributed by atoms with E-state index in [-0.39, 0.29) is 17.2 Å². The number of nitrogens with zero attached hydrogens (tertiary/aromatic N) is 1. The molecule has 1 aliphatic heterocycles. The summed E-state index contributed by atoms with van der Waals surface area (Å²) in [6.07, 6.45) is 0.538. The minimum atomic E-state index is -3.62. The molecule has 0 aromatic heterocycles. The molecule has 1 N–H and O–H groups in total. The van der Waals surface area contributed by atoms with Gasteiger partial charge in [-0.15, -0.1) is 0 Å². The van der Waals surface area contributed by atoms with Crippen molar-refractivity contribution in [3.05, 3.63) is 47.5 Å². The number of sulfonamides is 1. The minimum absolute atomic E-state index is 0.0698. The van der Waals surface area contributed by atoms with Gasteiger partial charge in [0.1, 0.15) is 5.75 Å². The molecule has 0 radical (unpaired) electrons.